The first-order chi connectivity index (χ1) is 15.3. The Bertz CT molecular complexity index is 1110. The fourth-order valence-corrected chi connectivity index (χ4v) is 3.56. The van der Waals surface area contributed by atoms with Crippen LogP contribution in [-0.4, -0.2) is 23.4 Å². The van der Waals surface area contributed by atoms with Gasteiger partial charge in [-0.2, -0.15) is 0 Å². The van der Waals surface area contributed by atoms with Gasteiger partial charge in [0, 0.05) is 29.9 Å². The summed E-state index contributed by atoms with van der Waals surface area (Å²) in [6.07, 6.45) is 4.12. The number of unbranched alkanes of at least 4 members (excludes halogenated alkanes) is 2. The first-order valence-electron chi connectivity index (χ1n) is 10.7. The molecule has 1 amide bonds. The summed E-state index contributed by atoms with van der Waals surface area (Å²) in [6, 6.07) is 8.10. The SMILES string of the molecule is CCCCCOc1ccc2c(C(=O)c3cc(N)c(O)c(N)c3)c(CCCC(N)=O)oc2c1. The maximum atomic E-state index is 13.4. The van der Waals surface area contributed by atoms with Crippen LogP contribution >= 0.6 is 0 Å². The maximum absolute atomic E-state index is 13.4. The number of nitrogen functional groups attached to an aromatic ring is 2. The lowest BCUT2D eigenvalue weighted by atomic mass is 9.97. The number of anilines is 2. The molecule has 8 nitrogen and oxygen atoms in total. The summed E-state index contributed by atoms with van der Waals surface area (Å²) in [5.41, 5.74) is 18.0. The normalized spacial score (nSPS) is 11.0. The van der Waals surface area contributed by atoms with E-state index in [4.69, 9.17) is 26.4 Å². The lowest BCUT2D eigenvalue weighted by Crippen LogP contribution is -2.11. The molecule has 2 aromatic carbocycles. The molecule has 0 bridgehead atoms. The largest absolute Gasteiger partial charge is 0.504 e. The number of rotatable bonds is 11. The van der Waals surface area contributed by atoms with Crippen LogP contribution in [-0.2, 0) is 11.2 Å². The van der Waals surface area contributed by atoms with Crippen molar-refractivity contribution in [1.29, 1.82) is 0 Å². The lowest BCUT2D eigenvalue weighted by Gasteiger charge is -2.08. The number of nitrogens with two attached hydrogens (primary N) is 3. The molecule has 7 N–H and O–H groups in total. The van der Waals surface area contributed by atoms with Crippen molar-refractivity contribution < 1.29 is 23.8 Å². The zero-order valence-corrected chi connectivity index (χ0v) is 18.1. The molecule has 0 unspecified atom stereocenters. The number of primary amides is 1. The molecule has 170 valence electrons. The summed E-state index contributed by atoms with van der Waals surface area (Å²) in [5, 5.41) is 10.5. The van der Waals surface area contributed by atoms with E-state index in [1.165, 1.54) is 12.1 Å². The highest BCUT2D eigenvalue weighted by Gasteiger charge is 2.23. The quantitative estimate of drug-likeness (QED) is 0.153. The number of ether oxygens (including phenoxy) is 1. The number of fused-ring (bicyclic) bond motifs is 1. The van der Waals surface area contributed by atoms with Crippen LogP contribution < -0.4 is 21.9 Å². The number of amides is 1. The minimum atomic E-state index is -0.421. The van der Waals surface area contributed by atoms with Gasteiger partial charge in [-0.3, -0.25) is 9.59 Å². The van der Waals surface area contributed by atoms with E-state index in [-0.39, 0.29) is 34.9 Å². The summed E-state index contributed by atoms with van der Waals surface area (Å²) >= 11 is 0. The molecule has 0 spiro atoms. The molecular weight excluding hydrogens is 410 g/mol. The third-order valence-corrected chi connectivity index (χ3v) is 5.24. The van der Waals surface area contributed by atoms with Gasteiger partial charge in [0.15, 0.2) is 11.5 Å². The number of furan rings is 1. The second-order valence-electron chi connectivity index (χ2n) is 7.77. The molecule has 0 saturated heterocycles. The molecular formula is C24H29N3O5. The van der Waals surface area contributed by atoms with Crippen molar-refractivity contribution in [3.63, 3.8) is 0 Å². The van der Waals surface area contributed by atoms with Crippen molar-refractivity contribution in [3.05, 3.63) is 47.2 Å². The molecule has 8 heteroatoms. The van der Waals surface area contributed by atoms with Crippen LogP contribution in [0, 0.1) is 0 Å². The Morgan fingerprint density at radius 2 is 1.78 bits per heavy atom. The molecule has 32 heavy (non-hydrogen) atoms. The molecule has 0 radical (unpaired) electrons. The first kappa shape index (κ1) is 23.0. The van der Waals surface area contributed by atoms with Crippen molar-refractivity contribution in [3.8, 4) is 11.5 Å². The molecule has 3 aromatic rings. The molecule has 1 heterocycles. The van der Waals surface area contributed by atoms with E-state index in [1.807, 2.05) is 0 Å². The van der Waals surface area contributed by atoms with Gasteiger partial charge in [-0.1, -0.05) is 19.8 Å². The number of ketones is 1. The average Bonchev–Trinajstić information content (AvgIpc) is 3.11. The zero-order valence-electron chi connectivity index (χ0n) is 18.1. The standard InChI is InChI=1S/C24H29N3O5/c1-2-3-4-10-31-15-8-9-16-20(13-15)32-19(6-5-7-21(27)28)22(16)23(29)14-11-17(25)24(30)18(26)12-14/h8-9,11-13,30H,2-7,10,25-26H2,1H3,(H2,27,28). The molecule has 0 fully saturated rings. The highest BCUT2D eigenvalue weighted by Crippen LogP contribution is 2.35. The van der Waals surface area contributed by atoms with E-state index in [1.54, 1.807) is 18.2 Å². The zero-order chi connectivity index (χ0) is 23.3. The fourth-order valence-electron chi connectivity index (χ4n) is 3.56. The minimum absolute atomic E-state index is 0.0131. The predicted octanol–water partition coefficient (Wildman–Crippen LogP) is 3.91. The van der Waals surface area contributed by atoms with E-state index < -0.39 is 5.91 Å². The lowest BCUT2D eigenvalue weighted by molar-refractivity contribution is -0.118. The highest BCUT2D eigenvalue weighted by molar-refractivity contribution is 6.17. The Morgan fingerprint density at radius 1 is 1.06 bits per heavy atom. The van der Waals surface area contributed by atoms with Gasteiger partial charge in [0.05, 0.1) is 23.5 Å². The number of carbonyl (C=O) groups excluding carboxylic acids is 2. The van der Waals surface area contributed by atoms with Gasteiger partial charge in [0.25, 0.3) is 0 Å². The smallest absolute Gasteiger partial charge is 0.217 e. The first-order valence-corrected chi connectivity index (χ1v) is 10.7. The second-order valence-corrected chi connectivity index (χ2v) is 7.77. The second kappa shape index (κ2) is 10.1. The van der Waals surface area contributed by atoms with Crippen molar-refractivity contribution in [2.24, 2.45) is 5.73 Å². The maximum Gasteiger partial charge on any atom is 0.217 e. The minimum Gasteiger partial charge on any atom is -0.504 e. The van der Waals surface area contributed by atoms with Crippen LogP contribution in [0.25, 0.3) is 11.0 Å². The average molecular weight is 440 g/mol. The summed E-state index contributed by atoms with van der Waals surface area (Å²) in [5.74, 6) is 0.0802. The van der Waals surface area contributed by atoms with Gasteiger partial charge >= 0.3 is 0 Å². The van der Waals surface area contributed by atoms with Gasteiger partial charge in [-0.25, -0.2) is 0 Å². The summed E-state index contributed by atoms with van der Waals surface area (Å²) in [6.45, 7) is 2.73. The third kappa shape index (κ3) is 5.14. The van der Waals surface area contributed by atoms with Crippen molar-refractivity contribution >= 4 is 34.0 Å². The summed E-state index contributed by atoms with van der Waals surface area (Å²) in [4.78, 5) is 24.6. The van der Waals surface area contributed by atoms with E-state index in [0.717, 1.165) is 19.3 Å². The third-order valence-electron chi connectivity index (χ3n) is 5.24. The summed E-state index contributed by atoms with van der Waals surface area (Å²) < 4.78 is 11.8. The molecule has 0 atom stereocenters. The van der Waals surface area contributed by atoms with E-state index in [9.17, 15) is 14.7 Å². The van der Waals surface area contributed by atoms with Crippen molar-refractivity contribution in [2.45, 2.75) is 45.4 Å². The van der Waals surface area contributed by atoms with Gasteiger partial charge in [0.1, 0.15) is 17.1 Å². The number of carbonyl (C=O) groups is 2. The Hall–Kier alpha value is -3.68. The fraction of sp³-hybridized carbons (Fsp3) is 0.333. The Labute approximate surface area is 186 Å². The van der Waals surface area contributed by atoms with Crippen molar-refractivity contribution in [2.75, 3.05) is 18.1 Å². The van der Waals surface area contributed by atoms with Gasteiger partial charge in [0.2, 0.25) is 5.91 Å². The number of aromatic hydroxyl groups is 1. The van der Waals surface area contributed by atoms with E-state index in [2.05, 4.69) is 6.92 Å². The van der Waals surface area contributed by atoms with Crippen LogP contribution in [0.3, 0.4) is 0 Å². The number of phenols is 1. The number of hydrogen-bond donors (Lipinski definition) is 4. The number of hydrogen-bond acceptors (Lipinski definition) is 7. The van der Waals surface area contributed by atoms with Gasteiger partial charge in [-0.15, -0.1) is 0 Å². The monoisotopic (exact) mass is 439 g/mol. The molecule has 0 aliphatic rings. The van der Waals surface area contributed by atoms with E-state index >= 15 is 0 Å². The van der Waals surface area contributed by atoms with Gasteiger partial charge in [-0.05, 0) is 37.1 Å². The highest BCUT2D eigenvalue weighted by atomic mass is 16.5. The van der Waals surface area contributed by atoms with Crippen LogP contribution in [0.2, 0.25) is 0 Å². The molecule has 0 aliphatic heterocycles. The molecule has 0 aliphatic carbocycles. The Balaban J connectivity index is 1.99. The van der Waals surface area contributed by atoms with Crippen LogP contribution in [0.4, 0.5) is 11.4 Å². The van der Waals surface area contributed by atoms with Crippen LogP contribution in [0.5, 0.6) is 11.5 Å². The molecule has 1 aromatic heterocycles. The number of phenolic OH excluding ortho intramolecular Hbond substituents is 1. The van der Waals surface area contributed by atoms with Crippen LogP contribution in [0.15, 0.2) is 34.7 Å². The topological polar surface area (TPSA) is 155 Å². The molecule has 0 saturated carbocycles. The number of benzene rings is 2. The summed E-state index contributed by atoms with van der Waals surface area (Å²) in [7, 11) is 0. The Kier molecular flexibility index (Phi) is 7.25. The van der Waals surface area contributed by atoms with Gasteiger partial charge < -0.3 is 31.5 Å². The Morgan fingerprint density at radius 3 is 2.44 bits per heavy atom. The van der Waals surface area contributed by atoms with Crippen LogP contribution in [0.1, 0.15) is 60.7 Å². The van der Waals surface area contributed by atoms with Crippen molar-refractivity contribution in [1.82, 2.24) is 0 Å². The number of aryl methyl sites for hydroxylation is 1. The molecule has 3 rings (SSSR count). The van der Waals surface area contributed by atoms with E-state index in [0.29, 0.717) is 47.5 Å². The predicted molar refractivity (Wildman–Crippen MR) is 124 cm³/mol.